The highest BCUT2D eigenvalue weighted by Gasteiger charge is 2.53. The number of benzene rings is 2. The van der Waals surface area contributed by atoms with Crippen molar-refractivity contribution in [2.75, 3.05) is 51.0 Å². The van der Waals surface area contributed by atoms with Crippen LogP contribution >= 0.6 is 12.4 Å². The number of methoxy groups -OCH3 is 2. The SMILES string of the molecule is COc1cc2nc(N3CCN(C(=O)C4(c5ccccc5)CC4)CC3)nc(N)c2cc1OC.Cl.O. The van der Waals surface area contributed by atoms with Crippen molar-refractivity contribution < 1.29 is 19.7 Å². The van der Waals surface area contributed by atoms with Crippen molar-refractivity contribution in [3.05, 3.63) is 48.0 Å². The third kappa shape index (κ3) is 4.28. The van der Waals surface area contributed by atoms with Crippen LogP contribution in [0, 0.1) is 0 Å². The molecule has 1 saturated carbocycles. The minimum Gasteiger partial charge on any atom is -0.493 e. The van der Waals surface area contributed by atoms with Gasteiger partial charge in [-0.15, -0.1) is 12.4 Å². The summed E-state index contributed by atoms with van der Waals surface area (Å²) in [7, 11) is 3.17. The molecule has 0 bridgehead atoms. The Morgan fingerprint density at radius 2 is 1.59 bits per heavy atom. The molecule has 182 valence electrons. The van der Waals surface area contributed by atoms with E-state index in [0.717, 1.165) is 23.8 Å². The van der Waals surface area contributed by atoms with Crippen LogP contribution in [-0.2, 0) is 10.2 Å². The fourth-order valence-corrected chi connectivity index (χ4v) is 4.53. The second kappa shape index (κ2) is 9.90. The first-order valence-corrected chi connectivity index (χ1v) is 10.8. The highest BCUT2D eigenvalue weighted by Crippen LogP contribution is 2.49. The van der Waals surface area contributed by atoms with E-state index in [1.165, 1.54) is 0 Å². The summed E-state index contributed by atoms with van der Waals surface area (Å²) >= 11 is 0. The van der Waals surface area contributed by atoms with Gasteiger partial charge in [-0.3, -0.25) is 4.79 Å². The van der Waals surface area contributed by atoms with E-state index < -0.39 is 0 Å². The zero-order valence-corrected chi connectivity index (χ0v) is 20.1. The van der Waals surface area contributed by atoms with Gasteiger partial charge in [-0.25, -0.2) is 4.98 Å². The lowest BCUT2D eigenvalue weighted by Crippen LogP contribution is -2.52. The molecule has 1 amide bonds. The van der Waals surface area contributed by atoms with Crippen LogP contribution in [0.15, 0.2) is 42.5 Å². The monoisotopic (exact) mass is 487 g/mol. The van der Waals surface area contributed by atoms with Crippen molar-refractivity contribution in [1.82, 2.24) is 14.9 Å². The van der Waals surface area contributed by atoms with Crippen LogP contribution in [0.5, 0.6) is 11.5 Å². The molecule has 1 saturated heterocycles. The van der Waals surface area contributed by atoms with Crippen molar-refractivity contribution in [1.29, 1.82) is 0 Å². The molecule has 2 aromatic carbocycles. The van der Waals surface area contributed by atoms with Crippen LogP contribution in [0.2, 0.25) is 0 Å². The van der Waals surface area contributed by atoms with Crippen molar-refractivity contribution >= 4 is 41.0 Å². The Kier molecular flexibility index (Phi) is 7.38. The second-order valence-electron chi connectivity index (χ2n) is 8.36. The van der Waals surface area contributed by atoms with Crippen LogP contribution < -0.4 is 20.1 Å². The molecule has 2 heterocycles. The first-order valence-electron chi connectivity index (χ1n) is 10.8. The van der Waals surface area contributed by atoms with Crippen LogP contribution in [-0.4, -0.2) is 66.6 Å². The van der Waals surface area contributed by atoms with Crippen molar-refractivity contribution in [3.8, 4) is 11.5 Å². The summed E-state index contributed by atoms with van der Waals surface area (Å²) in [4.78, 5) is 26.6. The molecule has 5 rings (SSSR count). The molecular formula is C24H30ClN5O4. The Morgan fingerprint density at radius 3 is 2.18 bits per heavy atom. The molecule has 1 aliphatic carbocycles. The van der Waals surface area contributed by atoms with E-state index in [4.69, 9.17) is 20.2 Å². The largest absolute Gasteiger partial charge is 0.493 e. The van der Waals surface area contributed by atoms with E-state index in [1.807, 2.05) is 29.2 Å². The molecule has 34 heavy (non-hydrogen) atoms. The summed E-state index contributed by atoms with van der Waals surface area (Å²) in [5.41, 5.74) is 7.74. The average Bonchev–Trinajstić information content (AvgIpc) is 3.65. The number of carbonyl (C=O) groups is 1. The third-order valence-electron chi connectivity index (χ3n) is 6.55. The number of carbonyl (C=O) groups excluding carboxylic acids is 1. The molecule has 2 fully saturated rings. The van der Waals surface area contributed by atoms with Gasteiger partial charge in [0.1, 0.15) is 5.82 Å². The molecule has 1 aromatic heterocycles. The second-order valence-corrected chi connectivity index (χ2v) is 8.36. The Hall–Kier alpha value is -3.30. The number of piperazine rings is 1. The summed E-state index contributed by atoms with van der Waals surface area (Å²) in [6.45, 7) is 2.60. The van der Waals surface area contributed by atoms with Crippen molar-refractivity contribution in [2.24, 2.45) is 0 Å². The van der Waals surface area contributed by atoms with E-state index in [-0.39, 0.29) is 29.2 Å². The molecule has 1 aliphatic heterocycles. The zero-order valence-electron chi connectivity index (χ0n) is 19.3. The lowest BCUT2D eigenvalue weighted by atomic mass is 9.94. The number of nitrogens with two attached hydrogens (primary N) is 1. The predicted molar refractivity (Wildman–Crippen MR) is 134 cm³/mol. The van der Waals surface area contributed by atoms with Crippen LogP contribution in [0.25, 0.3) is 10.9 Å². The first kappa shape index (κ1) is 25.3. The topological polar surface area (TPSA) is 125 Å². The van der Waals surface area contributed by atoms with Gasteiger partial charge in [0.2, 0.25) is 11.9 Å². The number of halogens is 1. The lowest BCUT2D eigenvalue weighted by molar-refractivity contribution is -0.134. The van der Waals surface area contributed by atoms with Gasteiger partial charge < -0.3 is 30.5 Å². The number of rotatable bonds is 5. The predicted octanol–water partition coefficient (Wildman–Crippen LogP) is 2.21. The number of hydrogen-bond donors (Lipinski definition) is 1. The van der Waals surface area contributed by atoms with Crippen LogP contribution in [0.1, 0.15) is 18.4 Å². The molecule has 10 heteroatoms. The summed E-state index contributed by atoms with van der Waals surface area (Å²) in [5, 5.41) is 0.721. The zero-order chi connectivity index (χ0) is 22.3. The van der Waals surface area contributed by atoms with E-state index in [9.17, 15) is 4.79 Å². The fraction of sp³-hybridized carbons (Fsp3) is 0.375. The van der Waals surface area contributed by atoms with Gasteiger partial charge in [0.05, 0.1) is 25.2 Å². The molecule has 0 radical (unpaired) electrons. The standard InChI is InChI=1S/C24H27N5O3.ClH.H2O/c1-31-19-14-17-18(15-20(19)32-2)26-23(27-21(17)25)29-12-10-28(11-13-29)22(30)24(8-9-24)16-6-4-3-5-7-16;;/h3-7,14-15H,8-13H2,1-2H3,(H2,25,26,27);1H;1H2. The normalized spacial score (nSPS) is 16.3. The van der Waals surface area contributed by atoms with Crippen molar-refractivity contribution in [2.45, 2.75) is 18.3 Å². The first-order chi connectivity index (χ1) is 15.6. The quantitative estimate of drug-likeness (QED) is 0.584. The minimum absolute atomic E-state index is 0. The molecule has 9 nitrogen and oxygen atoms in total. The molecule has 0 atom stereocenters. The van der Waals surface area contributed by atoms with E-state index in [2.05, 4.69) is 22.0 Å². The number of ether oxygens (including phenoxy) is 2. The molecule has 4 N–H and O–H groups in total. The maximum atomic E-state index is 13.3. The molecular weight excluding hydrogens is 458 g/mol. The Morgan fingerprint density at radius 1 is 0.971 bits per heavy atom. The number of aromatic nitrogens is 2. The van der Waals surface area contributed by atoms with Gasteiger partial charge in [0.15, 0.2) is 11.5 Å². The maximum Gasteiger partial charge on any atom is 0.233 e. The van der Waals surface area contributed by atoms with Gasteiger partial charge in [-0.05, 0) is 24.5 Å². The Labute approximate surface area is 204 Å². The lowest BCUT2D eigenvalue weighted by Gasteiger charge is -2.36. The summed E-state index contributed by atoms with van der Waals surface area (Å²) in [6, 6.07) is 13.7. The number of fused-ring (bicyclic) bond motifs is 1. The van der Waals surface area contributed by atoms with Crippen molar-refractivity contribution in [3.63, 3.8) is 0 Å². The summed E-state index contributed by atoms with van der Waals surface area (Å²) in [6.07, 6.45) is 1.84. The summed E-state index contributed by atoms with van der Waals surface area (Å²) in [5.74, 6) is 2.38. The summed E-state index contributed by atoms with van der Waals surface area (Å²) < 4.78 is 10.8. The third-order valence-corrected chi connectivity index (χ3v) is 6.55. The number of anilines is 2. The maximum absolute atomic E-state index is 13.3. The molecule has 0 spiro atoms. The minimum atomic E-state index is -0.330. The van der Waals surface area contributed by atoms with Gasteiger partial charge in [0, 0.05) is 37.6 Å². The van der Waals surface area contributed by atoms with Gasteiger partial charge in [-0.1, -0.05) is 30.3 Å². The van der Waals surface area contributed by atoms with Gasteiger partial charge in [-0.2, -0.15) is 4.98 Å². The number of hydrogen-bond acceptors (Lipinski definition) is 7. The number of amides is 1. The molecule has 2 aliphatic rings. The van der Waals surface area contributed by atoms with E-state index >= 15 is 0 Å². The van der Waals surface area contributed by atoms with E-state index in [1.54, 1.807) is 20.3 Å². The number of nitrogen functional groups attached to an aromatic ring is 1. The smallest absolute Gasteiger partial charge is 0.233 e. The van der Waals surface area contributed by atoms with Gasteiger partial charge in [0.25, 0.3) is 0 Å². The average molecular weight is 488 g/mol. The molecule has 0 unspecified atom stereocenters. The van der Waals surface area contributed by atoms with E-state index in [0.29, 0.717) is 55.0 Å². The van der Waals surface area contributed by atoms with Crippen LogP contribution in [0.3, 0.4) is 0 Å². The van der Waals surface area contributed by atoms with Gasteiger partial charge >= 0.3 is 0 Å². The number of nitrogens with zero attached hydrogens (tertiary/aromatic N) is 4. The highest BCUT2D eigenvalue weighted by molar-refractivity contribution is 5.92. The Balaban J connectivity index is 0.00000162. The fourth-order valence-electron chi connectivity index (χ4n) is 4.53. The van der Waals surface area contributed by atoms with Crippen LogP contribution in [0.4, 0.5) is 11.8 Å². The Bertz CT molecular complexity index is 1160. The molecule has 3 aromatic rings. The highest BCUT2D eigenvalue weighted by atomic mass is 35.5.